The summed E-state index contributed by atoms with van der Waals surface area (Å²) < 4.78 is 1.09. The minimum atomic E-state index is -0.00238. The SMILES string of the molecule is NC(Cc1ccc(Br)cc1)c1cscn1. The van der Waals surface area contributed by atoms with Gasteiger partial charge < -0.3 is 5.73 Å². The molecule has 0 amide bonds. The highest BCUT2D eigenvalue weighted by atomic mass is 79.9. The van der Waals surface area contributed by atoms with Gasteiger partial charge in [0.25, 0.3) is 0 Å². The lowest BCUT2D eigenvalue weighted by Gasteiger charge is -2.08. The zero-order valence-electron chi connectivity index (χ0n) is 8.06. The van der Waals surface area contributed by atoms with Gasteiger partial charge in [0.2, 0.25) is 0 Å². The van der Waals surface area contributed by atoms with E-state index in [4.69, 9.17) is 5.73 Å². The molecular weight excluding hydrogens is 272 g/mol. The van der Waals surface area contributed by atoms with Crippen molar-refractivity contribution in [3.8, 4) is 0 Å². The fourth-order valence-corrected chi connectivity index (χ4v) is 2.27. The Balaban J connectivity index is 2.06. The first-order valence-electron chi connectivity index (χ1n) is 4.64. The van der Waals surface area contributed by atoms with Crippen molar-refractivity contribution in [2.75, 3.05) is 0 Å². The summed E-state index contributed by atoms with van der Waals surface area (Å²) in [5.74, 6) is 0. The average molecular weight is 283 g/mol. The quantitative estimate of drug-likeness (QED) is 0.939. The lowest BCUT2D eigenvalue weighted by atomic mass is 10.1. The molecule has 1 atom stereocenters. The van der Waals surface area contributed by atoms with Gasteiger partial charge in [-0.05, 0) is 24.1 Å². The van der Waals surface area contributed by atoms with E-state index in [1.807, 2.05) is 23.0 Å². The van der Waals surface area contributed by atoms with Crippen molar-refractivity contribution in [3.63, 3.8) is 0 Å². The summed E-state index contributed by atoms with van der Waals surface area (Å²) in [5.41, 5.74) is 10.1. The molecule has 0 saturated heterocycles. The Hall–Kier alpha value is -0.710. The summed E-state index contributed by atoms with van der Waals surface area (Å²) in [5, 5.41) is 2.00. The van der Waals surface area contributed by atoms with Crippen LogP contribution < -0.4 is 5.73 Å². The Morgan fingerprint density at radius 3 is 2.67 bits per heavy atom. The van der Waals surface area contributed by atoms with Crippen LogP contribution in [-0.4, -0.2) is 4.98 Å². The van der Waals surface area contributed by atoms with Crippen LogP contribution in [-0.2, 0) is 6.42 Å². The van der Waals surface area contributed by atoms with Crippen LogP contribution in [0.15, 0.2) is 39.6 Å². The Bertz CT molecular complexity index is 411. The predicted octanol–water partition coefficient (Wildman–Crippen LogP) is 3.15. The second-order valence-corrected chi connectivity index (χ2v) is 4.98. The van der Waals surface area contributed by atoms with Crippen molar-refractivity contribution >= 4 is 27.3 Å². The molecule has 0 aliphatic carbocycles. The number of hydrogen-bond donors (Lipinski definition) is 1. The van der Waals surface area contributed by atoms with E-state index in [0.29, 0.717) is 0 Å². The van der Waals surface area contributed by atoms with E-state index < -0.39 is 0 Å². The fraction of sp³-hybridized carbons (Fsp3) is 0.182. The minimum absolute atomic E-state index is 0.00238. The van der Waals surface area contributed by atoms with Gasteiger partial charge in [-0.2, -0.15) is 0 Å². The van der Waals surface area contributed by atoms with Crippen LogP contribution in [0.25, 0.3) is 0 Å². The van der Waals surface area contributed by atoms with Crippen LogP contribution in [0.1, 0.15) is 17.3 Å². The third-order valence-electron chi connectivity index (χ3n) is 2.20. The van der Waals surface area contributed by atoms with Gasteiger partial charge in [0.1, 0.15) is 0 Å². The summed E-state index contributed by atoms with van der Waals surface area (Å²) in [6, 6.07) is 8.22. The third kappa shape index (κ3) is 2.87. The summed E-state index contributed by atoms with van der Waals surface area (Å²) in [4.78, 5) is 4.21. The molecule has 1 unspecified atom stereocenters. The van der Waals surface area contributed by atoms with Gasteiger partial charge in [-0.25, -0.2) is 4.98 Å². The molecule has 1 aromatic heterocycles. The normalized spacial score (nSPS) is 12.7. The standard InChI is InChI=1S/C11H11BrN2S/c12-9-3-1-8(2-4-9)5-10(13)11-6-15-7-14-11/h1-4,6-7,10H,5,13H2. The van der Waals surface area contributed by atoms with Gasteiger partial charge >= 0.3 is 0 Å². The van der Waals surface area contributed by atoms with E-state index >= 15 is 0 Å². The zero-order chi connectivity index (χ0) is 10.7. The smallest absolute Gasteiger partial charge is 0.0795 e. The van der Waals surface area contributed by atoms with Crippen LogP contribution in [0.4, 0.5) is 0 Å². The molecule has 2 rings (SSSR count). The minimum Gasteiger partial charge on any atom is -0.322 e. The number of halogens is 1. The third-order valence-corrected chi connectivity index (χ3v) is 3.33. The number of rotatable bonds is 3. The van der Waals surface area contributed by atoms with Gasteiger partial charge in [-0.15, -0.1) is 11.3 Å². The molecule has 2 nitrogen and oxygen atoms in total. The van der Waals surface area contributed by atoms with E-state index in [9.17, 15) is 0 Å². The zero-order valence-corrected chi connectivity index (χ0v) is 10.5. The molecule has 1 aromatic carbocycles. The van der Waals surface area contributed by atoms with Crippen molar-refractivity contribution in [2.24, 2.45) is 5.73 Å². The monoisotopic (exact) mass is 282 g/mol. The Labute approximate surface area is 101 Å². The van der Waals surface area contributed by atoms with E-state index in [-0.39, 0.29) is 6.04 Å². The molecule has 0 radical (unpaired) electrons. The van der Waals surface area contributed by atoms with E-state index in [0.717, 1.165) is 16.6 Å². The van der Waals surface area contributed by atoms with Gasteiger partial charge in [0.15, 0.2) is 0 Å². The molecule has 0 aliphatic rings. The molecule has 0 aliphatic heterocycles. The molecule has 0 bridgehead atoms. The van der Waals surface area contributed by atoms with E-state index in [2.05, 4.69) is 33.0 Å². The average Bonchev–Trinajstić information content (AvgIpc) is 2.74. The molecule has 0 saturated carbocycles. The molecule has 2 aromatic rings. The van der Waals surface area contributed by atoms with Crippen LogP contribution in [0.3, 0.4) is 0 Å². The second kappa shape index (κ2) is 4.88. The van der Waals surface area contributed by atoms with E-state index in [1.165, 1.54) is 5.56 Å². The lowest BCUT2D eigenvalue weighted by molar-refractivity contribution is 0.702. The van der Waals surface area contributed by atoms with Crippen molar-refractivity contribution in [2.45, 2.75) is 12.5 Å². The number of nitrogens with zero attached hydrogens (tertiary/aromatic N) is 1. The summed E-state index contributed by atoms with van der Waals surface area (Å²) in [6.45, 7) is 0. The highest BCUT2D eigenvalue weighted by molar-refractivity contribution is 9.10. The Morgan fingerprint density at radius 1 is 1.33 bits per heavy atom. The largest absolute Gasteiger partial charge is 0.322 e. The second-order valence-electron chi connectivity index (χ2n) is 3.35. The lowest BCUT2D eigenvalue weighted by Crippen LogP contribution is -2.13. The number of nitrogens with two attached hydrogens (primary N) is 1. The number of thiazole rings is 1. The molecule has 1 heterocycles. The maximum absolute atomic E-state index is 6.04. The van der Waals surface area contributed by atoms with Crippen molar-refractivity contribution in [1.82, 2.24) is 4.98 Å². The molecular formula is C11H11BrN2S. The molecule has 15 heavy (non-hydrogen) atoms. The van der Waals surface area contributed by atoms with Gasteiger partial charge in [-0.1, -0.05) is 28.1 Å². The summed E-state index contributed by atoms with van der Waals surface area (Å²) in [6.07, 6.45) is 0.830. The predicted molar refractivity (Wildman–Crippen MR) is 66.9 cm³/mol. The first-order valence-corrected chi connectivity index (χ1v) is 6.37. The number of aromatic nitrogens is 1. The summed E-state index contributed by atoms with van der Waals surface area (Å²) >= 11 is 4.99. The maximum atomic E-state index is 6.04. The van der Waals surface area contributed by atoms with Crippen LogP contribution in [0.5, 0.6) is 0 Å². The Kier molecular flexibility index (Phi) is 3.51. The highest BCUT2D eigenvalue weighted by Gasteiger charge is 2.08. The van der Waals surface area contributed by atoms with Crippen molar-refractivity contribution in [3.05, 3.63) is 50.9 Å². The van der Waals surface area contributed by atoms with Gasteiger partial charge in [-0.3, -0.25) is 0 Å². The highest BCUT2D eigenvalue weighted by Crippen LogP contribution is 2.17. The van der Waals surface area contributed by atoms with Crippen molar-refractivity contribution in [1.29, 1.82) is 0 Å². The molecule has 0 spiro atoms. The summed E-state index contributed by atoms with van der Waals surface area (Å²) in [7, 11) is 0. The molecule has 78 valence electrons. The van der Waals surface area contributed by atoms with Gasteiger partial charge in [0.05, 0.1) is 17.2 Å². The molecule has 2 N–H and O–H groups in total. The topological polar surface area (TPSA) is 38.9 Å². The first kappa shape index (κ1) is 10.8. The van der Waals surface area contributed by atoms with Crippen LogP contribution in [0.2, 0.25) is 0 Å². The van der Waals surface area contributed by atoms with Crippen molar-refractivity contribution < 1.29 is 0 Å². The Morgan fingerprint density at radius 2 is 2.07 bits per heavy atom. The molecule has 4 heteroatoms. The fourth-order valence-electron chi connectivity index (χ4n) is 1.38. The van der Waals surface area contributed by atoms with Gasteiger partial charge in [0, 0.05) is 9.85 Å². The maximum Gasteiger partial charge on any atom is 0.0795 e. The number of benzene rings is 1. The van der Waals surface area contributed by atoms with Crippen LogP contribution in [0, 0.1) is 0 Å². The van der Waals surface area contributed by atoms with Crippen LogP contribution >= 0.6 is 27.3 Å². The first-order chi connectivity index (χ1) is 7.25. The molecule has 0 fully saturated rings. The van der Waals surface area contributed by atoms with E-state index in [1.54, 1.807) is 11.3 Å². The number of hydrogen-bond acceptors (Lipinski definition) is 3.